The van der Waals surface area contributed by atoms with Crippen LogP contribution in [0.25, 0.3) is 10.2 Å². The largest absolute Gasteiger partial charge is 0.462 e. The van der Waals surface area contributed by atoms with Gasteiger partial charge in [0.1, 0.15) is 16.3 Å². The lowest BCUT2D eigenvalue weighted by molar-refractivity contribution is -0.121. The molecule has 0 bridgehead atoms. The Balaban J connectivity index is 2.13. The molecule has 0 aliphatic carbocycles. The first kappa shape index (κ1) is 20.1. The van der Waals surface area contributed by atoms with Crippen LogP contribution in [0, 0.1) is 6.92 Å². The number of carbonyl (C=O) groups excluding carboxylic acids is 2. The van der Waals surface area contributed by atoms with Gasteiger partial charge in [-0.1, -0.05) is 26.2 Å². The van der Waals surface area contributed by atoms with E-state index in [1.165, 1.54) is 10.9 Å². The minimum atomic E-state index is -0.455. The van der Waals surface area contributed by atoms with Crippen molar-refractivity contribution in [1.82, 2.24) is 14.9 Å². The van der Waals surface area contributed by atoms with Gasteiger partial charge >= 0.3 is 5.97 Å². The molecule has 0 aliphatic rings. The Morgan fingerprint density at radius 1 is 1.27 bits per heavy atom. The summed E-state index contributed by atoms with van der Waals surface area (Å²) in [6.45, 7) is 6.35. The van der Waals surface area contributed by atoms with Crippen LogP contribution in [-0.2, 0) is 16.1 Å². The highest BCUT2D eigenvalue weighted by Crippen LogP contribution is 2.27. The zero-order valence-electron chi connectivity index (χ0n) is 15.5. The predicted molar refractivity (Wildman–Crippen MR) is 102 cm³/mol. The lowest BCUT2D eigenvalue weighted by Crippen LogP contribution is -2.33. The van der Waals surface area contributed by atoms with Gasteiger partial charge in [0.25, 0.3) is 5.56 Å². The number of fused-ring (bicyclic) bond motifs is 1. The van der Waals surface area contributed by atoms with Gasteiger partial charge in [-0.2, -0.15) is 0 Å². The summed E-state index contributed by atoms with van der Waals surface area (Å²) in [5.74, 6) is -0.674. The van der Waals surface area contributed by atoms with Crippen molar-refractivity contribution in [1.29, 1.82) is 0 Å². The normalized spacial score (nSPS) is 10.9. The topological polar surface area (TPSA) is 90.3 Å². The van der Waals surface area contributed by atoms with Crippen LogP contribution in [0.4, 0.5) is 0 Å². The number of nitrogens with zero attached hydrogens (tertiary/aromatic N) is 2. The van der Waals surface area contributed by atoms with E-state index in [4.69, 9.17) is 4.74 Å². The maximum Gasteiger partial charge on any atom is 0.348 e. The maximum atomic E-state index is 12.7. The second-order valence-corrected chi connectivity index (χ2v) is 7.04. The van der Waals surface area contributed by atoms with Gasteiger partial charge in [-0.05, 0) is 25.8 Å². The zero-order valence-corrected chi connectivity index (χ0v) is 16.3. The van der Waals surface area contributed by atoms with Crippen molar-refractivity contribution in [3.8, 4) is 0 Å². The number of carbonyl (C=O) groups is 2. The smallest absolute Gasteiger partial charge is 0.348 e. The molecule has 0 radical (unpaired) electrons. The van der Waals surface area contributed by atoms with Crippen LogP contribution in [0.5, 0.6) is 0 Å². The zero-order chi connectivity index (χ0) is 19.1. The molecule has 2 aromatic heterocycles. The van der Waals surface area contributed by atoms with Gasteiger partial charge in [-0.25, -0.2) is 9.78 Å². The maximum absolute atomic E-state index is 12.7. The lowest BCUT2D eigenvalue weighted by atomic mass is 10.2. The average molecular weight is 379 g/mol. The second kappa shape index (κ2) is 9.47. The molecule has 7 nitrogen and oxygen atoms in total. The molecule has 2 heterocycles. The standard InChI is InChI=1S/C18H25N3O4S/c1-4-6-7-8-9-19-13(22)10-21-11-20-16-14(17(21)23)12(3)15(26-16)18(24)25-5-2/h11H,4-10H2,1-3H3,(H,19,22). The van der Waals surface area contributed by atoms with E-state index in [9.17, 15) is 14.4 Å². The second-order valence-electron chi connectivity index (χ2n) is 6.05. The van der Waals surface area contributed by atoms with E-state index in [0.717, 1.165) is 37.0 Å². The van der Waals surface area contributed by atoms with Crippen molar-refractivity contribution in [2.45, 2.75) is 53.0 Å². The first-order valence-corrected chi connectivity index (χ1v) is 9.73. The summed E-state index contributed by atoms with van der Waals surface area (Å²) in [4.78, 5) is 41.8. The third-order valence-corrected chi connectivity index (χ3v) is 5.22. The van der Waals surface area contributed by atoms with Crippen molar-refractivity contribution >= 4 is 33.4 Å². The number of nitrogens with one attached hydrogen (secondary N) is 1. The van der Waals surface area contributed by atoms with Crippen LogP contribution < -0.4 is 10.9 Å². The third-order valence-electron chi connectivity index (χ3n) is 4.04. The number of hydrogen-bond donors (Lipinski definition) is 1. The Kier molecular flexibility index (Phi) is 7.32. The summed E-state index contributed by atoms with van der Waals surface area (Å²) < 4.78 is 6.29. The number of esters is 1. The van der Waals surface area contributed by atoms with Crippen molar-refractivity contribution in [2.75, 3.05) is 13.2 Å². The summed E-state index contributed by atoms with van der Waals surface area (Å²) in [5, 5.41) is 3.19. The number of hydrogen-bond acceptors (Lipinski definition) is 6. The molecule has 0 aromatic carbocycles. The lowest BCUT2D eigenvalue weighted by Gasteiger charge is -2.07. The number of amides is 1. The Labute approximate surface area is 156 Å². The molecule has 0 atom stereocenters. The predicted octanol–water partition coefficient (Wildman–Crippen LogP) is 2.64. The van der Waals surface area contributed by atoms with Gasteiger partial charge in [0, 0.05) is 6.54 Å². The molecule has 1 amide bonds. The Morgan fingerprint density at radius 3 is 2.73 bits per heavy atom. The SMILES string of the molecule is CCCCCCNC(=O)Cn1cnc2sc(C(=O)OCC)c(C)c2c1=O. The molecule has 2 aromatic rings. The number of aromatic nitrogens is 2. The van der Waals surface area contributed by atoms with Crippen LogP contribution in [0.2, 0.25) is 0 Å². The van der Waals surface area contributed by atoms with Crippen molar-refractivity contribution in [2.24, 2.45) is 0 Å². The highest BCUT2D eigenvalue weighted by molar-refractivity contribution is 7.20. The number of rotatable bonds is 9. The highest BCUT2D eigenvalue weighted by atomic mass is 32.1. The monoisotopic (exact) mass is 379 g/mol. The summed E-state index contributed by atoms with van der Waals surface area (Å²) >= 11 is 1.14. The van der Waals surface area contributed by atoms with Crippen LogP contribution in [0.3, 0.4) is 0 Å². The molecule has 0 saturated carbocycles. The fraction of sp³-hybridized carbons (Fsp3) is 0.556. The quantitative estimate of drug-likeness (QED) is 0.534. The molecule has 1 N–H and O–H groups in total. The minimum Gasteiger partial charge on any atom is -0.462 e. The van der Waals surface area contributed by atoms with Gasteiger partial charge in [0.15, 0.2) is 0 Å². The number of unbranched alkanes of at least 4 members (excludes halogenated alkanes) is 3. The minimum absolute atomic E-state index is 0.0838. The molecular formula is C18H25N3O4S. The molecule has 2 rings (SSSR count). The van der Waals surface area contributed by atoms with E-state index in [1.807, 2.05) is 0 Å². The summed E-state index contributed by atoms with van der Waals surface area (Å²) in [6, 6.07) is 0. The first-order chi connectivity index (χ1) is 12.5. The highest BCUT2D eigenvalue weighted by Gasteiger charge is 2.20. The van der Waals surface area contributed by atoms with E-state index >= 15 is 0 Å². The Morgan fingerprint density at radius 2 is 2.04 bits per heavy atom. The molecule has 0 spiro atoms. The van der Waals surface area contributed by atoms with Crippen LogP contribution in [-0.4, -0.2) is 34.6 Å². The number of thiophene rings is 1. The van der Waals surface area contributed by atoms with Gasteiger partial charge in [-0.15, -0.1) is 11.3 Å². The fourth-order valence-electron chi connectivity index (χ4n) is 2.65. The first-order valence-electron chi connectivity index (χ1n) is 8.91. The molecule has 26 heavy (non-hydrogen) atoms. The molecule has 0 fully saturated rings. The third kappa shape index (κ3) is 4.69. The molecule has 0 saturated heterocycles. The summed E-state index contributed by atoms with van der Waals surface area (Å²) in [7, 11) is 0. The van der Waals surface area contributed by atoms with Gasteiger partial charge in [0.2, 0.25) is 5.91 Å². The van der Waals surface area contributed by atoms with E-state index < -0.39 is 5.97 Å². The fourth-order valence-corrected chi connectivity index (χ4v) is 3.69. The average Bonchev–Trinajstić information content (AvgIpc) is 2.95. The van der Waals surface area contributed by atoms with E-state index in [-0.39, 0.29) is 24.6 Å². The molecule has 0 unspecified atom stereocenters. The van der Waals surface area contributed by atoms with Crippen LogP contribution in [0.1, 0.15) is 54.8 Å². The molecule has 0 aliphatic heterocycles. The van der Waals surface area contributed by atoms with Crippen molar-refractivity contribution < 1.29 is 14.3 Å². The van der Waals surface area contributed by atoms with E-state index in [0.29, 0.717) is 27.2 Å². The molecular weight excluding hydrogens is 354 g/mol. The van der Waals surface area contributed by atoms with Gasteiger partial charge in [0.05, 0.1) is 18.3 Å². The number of aryl methyl sites for hydroxylation is 1. The van der Waals surface area contributed by atoms with E-state index in [1.54, 1.807) is 13.8 Å². The number of ether oxygens (including phenoxy) is 1. The van der Waals surface area contributed by atoms with Crippen molar-refractivity contribution in [3.63, 3.8) is 0 Å². The van der Waals surface area contributed by atoms with Crippen LogP contribution >= 0.6 is 11.3 Å². The van der Waals surface area contributed by atoms with Crippen molar-refractivity contribution in [3.05, 3.63) is 27.1 Å². The van der Waals surface area contributed by atoms with Gasteiger partial charge < -0.3 is 10.1 Å². The van der Waals surface area contributed by atoms with Crippen LogP contribution in [0.15, 0.2) is 11.1 Å². The van der Waals surface area contributed by atoms with Gasteiger partial charge in [-0.3, -0.25) is 14.2 Å². The van der Waals surface area contributed by atoms with E-state index in [2.05, 4.69) is 17.2 Å². The summed E-state index contributed by atoms with van der Waals surface area (Å²) in [6.07, 6.45) is 5.65. The Hall–Kier alpha value is -2.22. The Bertz CT molecular complexity index is 841. The molecule has 142 valence electrons. The summed E-state index contributed by atoms with van der Waals surface area (Å²) in [5.41, 5.74) is 0.232. The molecule has 8 heteroatoms.